The molecule has 3 aromatic rings. The third kappa shape index (κ3) is 5.25. The topological polar surface area (TPSA) is 65.1 Å². The molecule has 0 aliphatic rings. The molecule has 3 N–H and O–H groups in total. The van der Waals surface area contributed by atoms with Crippen molar-refractivity contribution in [3.05, 3.63) is 65.5 Å². The second kappa shape index (κ2) is 8.77. The lowest BCUT2D eigenvalue weighted by Crippen LogP contribution is -2.38. The van der Waals surface area contributed by atoms with Gasteiger partial charge in [-0.25, -0.2) is 9.98 Å². The van der Waals surface area contributed by atoms with Crippen molar-refractivity contribution in [3.63, 3.8) is 0 Å². The number of halogens is 3. The molecule has 0 saturated carbocycles. The van der Waals surface area contributed by atoms with E-state index in [4.69, 9.17) is 0 Å². The monoisotopic (exact) mass is 389 g/mol. The predicted molar refractivity (Wildman–Crippen MR) is 104 cm³/mol. The second-order valence-corrected chi connectivity index (χ2v) is 6.27. The minimum atomic E-state index is -4.35. The number of hydrogen-bond acceptors (Lipinski definition) is 2. The molecule has 0 amide bonds. The van der Waals surface area contributed by atoms with Crippen molar-refractivity contribution in [2.24, 2.45) is 4.99 Å². The molecule has 0 aliphatic heterocycles. The summed E-state index contributed by atoms with van der Waals surface area (Å²) in [6.07, 6.45) is -3.68. The molecule has 0 atom stereocenters. The maximum Gasteiger partial charge on any atom is 0.416 e. The number of benzene rings is 2. The molecule has 0 spiro atoms. The van der Waals surface area contributed by atoms with Crippen LogP contribution in [-0.2, 0) is 19.1 Å². The number of nitrogens with one attached hydrogen (secondary N) is 3. The van der Waals surface area contributed by atoms with Gasteiger partial charge in [0.25, 0.3) is 0 Å². The summed E-state index contributed by atoms with van der Waals surface area (Å²) in [6, 6.07) is 13.0. The fraction of sp³-hybridized carbons (Fsp3) is 0.300. The van der Waals surface area contributed by atoms with E-state index in [-0.39, 0.29) is 6.54 Å². The first-order valence-corrected chi connectivity index (χ1v) is 9.07. The number of alkyl halides is 3. The number of rotatable bonds is 6. The SMILES string of the molecule is CCNC(=NCc1cccc(C(F)(F)F)c1)NCCc1nc2ccccc2[nH]1. The number of fused-ring (bicyclic) bond motifs is 1. The first kappa shape index (κ1) is 19.7. The van der Waals surface area contributed by atoms with E-state index in [9.17, 15) is 13.2 Å². The van der Waals surface area contributed by atoms with E-state index in [0.717, 1.165) is 29.0 Å². The van der Waals surface area contributed by atoms with Crippen molar-refractivity contribution in [2.45, 2.75) is 26.1 Å². The summed E-state index contributed by atoms with van der Waals surface area (Å²) in [4.78, 5) is 12.2. The summed E-state index contributed by atoms with van der Waals surface area (Å²) in [5.74, 6) is 1.42. The van der Waals surface area contributed by atoms with Gasteiger partial charge in [-0.05, 0) is 36.8 Å². The zero-order valence-corrected chi connectivity index (χ0v) is 15.5. The van der Waals surface area contributed by atoms with Gasteiger partial charge in [0.1, 0.15) is 5.82 Å². The Bertz CT molecular complexity index is 913. The van der Waals surface area contributed by atoms with Crippen LogP contribution in [0.2, 0.25) is 0 Å². The third-order valence-electron chi connectivity index (χ3n) is 4.11. The van der Waals surface area contributed by atoms with E-state index >= 15 is 0 Å². The Hall–Kier alpha value is -3.03. The maximum absolute atomic E-state index is 12.8. The fourth-order valence-corrected chi connectivity index (χ4v) is 2.78. The van der Waals surface area contributed by atoms with Crippen LogP contribution in [-0.4, -0.2) is 29.0 Å². The van der Waals surface area contributed by atoms with Gasteiger partial charge in [0.05, 0.1) is 23.1 Å². The van der Waals surface area contributed by atoms with Gasteiger partial charge in [-0.15, -0.1) is 0 Å². The number of nitrogens with zero attached hydrogens (tertiary/aromatic N) is 2. The normalized spacial score (nSPS) is 12.4. The molecule has 1 heterocycles. The van der Waals surface area contributed by atoms with Crippen molar-refractivity contribution in [1.82, 2.24) is 20.6 Å². The minimum Gasteiger partial charge on any atom is -0.357 e. The van der Waals surface area contributed by atoms with E-state index in [1.165, 1.54) is 6.07 Å². The van der Waals surface area contributed by atoms with Crippen LogP contribution in [0.1, 0.15) is 23.9 Å². The van der Waals surface area contributed by atoms with Crippen molar-refractivity contribution >= 4 is 17.0 Å². The molecule has 0 saturated heterocycles. The highest BCUT2D eigenvalue weighted by Crippen LogP contribution is 2.29. The van der Waals surface area contributed by atoms with Crippen LogP contribution >= 0.6 is 0 Å². The van der Waals surface area contributed by atoms with Gasteiger partial charge >= 0.3 is 6.18 Å². The van der Waals surface area contributed by atoms with E-state index in [1.807, 2.05) is 31.2 Å². The Morgan fingerprint density at radius 2 is 1.93 bits per heavy atom. The molecule has 148 valence electrons. The Kier molecular flexibility index (Phi) is 6.18. The number of para-hydroxylation sites is 2. The van der Waals surface area contributed by atoms with E-state index in [0.29, 0.717) is 31.0 Å². The smallest absolute Gasteiger partial charge is 0.357 e. The number of aromatic amines is 1. The molecule has 3 rings (SSSR count). The van der Waals surface area contributed by atoms with Gasteiger partial charge < -0.3 is 15.6 Å². The number of hydrogen-bond donors (Lipinski definition) is 3. The van der Waals surface area contributed by atoms with Gasteiger partial charge in [-0.2, -0.15) is 13.2 Å². The van der Waals surface area contributed by atoms with Gasteiger partial charge in [0.2, 0.25) is 0 Å². The molecule has 0 bridgehead atoms. The molecular formula is C20H22F3N5. The predicted octanol–water partition coefficient (Wildman–Crippen LogP) is 3.88. The lowest BCUT2D eigenvalue weighted by atomic mass is 10.1. The lowest BCUT2D eigenvalue weighted by molar-refractivity contribution is -0.137. The van der Waals surface area contributed by atoms with Crippen molar-refractivity contribution < 1.29 is 13.2 Å². The van der Waals surface area contributed by atoms with Crippen LogP contribution in [0.3, 0.4) is 0 Å². The largest absolute Gasteiger partial charge is 0.416 e. The van der Waals surface area contributed by atoms with E-state index < -0.39 is 11.7 Å². The second-order valence-electron chi connectivity index (χ2n) is 6.27. The molecular weight excluding hydrogens is 367 g/mol. The average Bonchev–Trinajstić information content (AvgIpc) is 3.08. The Labute approximate surface area is 161 Å². The summed E-state index contributed by atoms with van der Waals surface area (Å²) >= 11 is 0. The zero-order valence-electron chi connectivity index (χ0n) is 15.5. The number of imidazole rings is 1. The first-order chi connectivity index (χ1) is 13.5. The molecule has 5 nitrogen and oxygen atoms in total. The Morgan fingerprint density at radius 1 is 1.11 bits per heavy atom. The standard InChI is InChI=1S/C20H22F3N5/c1-2-24-19(26-13-14-6-5-7-15(12-14)20(21,22)23)25-11-10-18-27-16-8-3-4-9-17(16)28-18/h3-9,12H,2,10-11,13H2,1H3,(H,27,28)(H2,24,25,26). The highest BCUT2D eigenvalue weighted by molar-refractivity contribution is 5.79. The van der Waals surface area contributed by atoms with Crippen LogP contribution in [0.25, 0.3) is 11.0 Å². The third-order valence-corrected chi connectivity index (χ3v) is 4.11. The van der Waals surface area contributed by atoms with Crippen molar-refractivity contribution in [1.29, 1.82) is 0 Å². The van der Waals surface area contributed by atoms with Gasteiger partial charge in [-0.3, -0.25) is 0 Å². The zero-order chi connectivity index (χ0) is 20.0. The van der Waals surface area contributed by atoms with Gasteiger partial charge in [0.15, 0.2) is 5.96 Å². The maximum atomic E-state index is 12.8. The number of H-pyrrole nitrogens is 1. The summed E-state index contributed by atoms with van der Waals surface area (Å²) in [7, 11) is 0. The molecule has 0 radical (unpaired) electrons. The van der Waals surface area contributed by atoms with Gasteiger partial charge in [-0.1, -0.05) is 24.3 Å². The average molecular weight is 389 g/mol. The summed E-state index contributed by atoms with van der Waals surface area (Å²) in [5.41, 5.74) is 1.75. The highest BCUT2D eigenvalue weighted by atomic mass is 19.4. The van der Waals surface area contributed by atoms with Crippen LogP contribution in [0, 0.1) is 0 Å². The molecule has 0 fully saturated rings. The molecule has 1 aromatic heterocycles. The van der Waals surface area contributed by atoms with E-state index in [1.54, 1.807) is 6.07 Å². The van der Waals surface area contributed by atoms with Crippen LogP contribution in [0.4, 0.5) is 13.2 Å². The molecule has 8 heteroatoms. The van der Waals surface area contributed by atoms with Crippen molar-refractivity contribution in [2.75, 3.05) is 13.1 Å². The molecule has 0 aliphatic carbocycles. The van der Waals surface area contributed by atoms with Crippen LogP contribution < -0.4 is 10.6 Å². The highest BCUT2D eigenvalue weighted by Gasteiger charge is 2.30. The molecule has 2 aromatic carbocycles. The number of aliphatic imine (C=N–C) groups is 1. The summed E-state index contributed by atoms with van der Waals surface area (Å²) in [5, 5.41) is 6.28. The minimum absolute atomic E-state index is 0.157. The molecule has 0 unspecified atom stereocenters. The number of guanidine groups is 1. The van der Waals surface area contributed by atoms with Crippen LogP contribution in [0.15, 0.2) is 53.5 Å². The van der Waals surface area contributed by atoms with E-state index in [2.05, 4.69) is 25.6 Å². The fourth-order valence-electron chi connectivity index (χ4n) is 2.78. The quantitative estimate of drug-likeness (QED) is 0.443. The Balaban J connectivity index is 1.59. The summed E-state index contributed by atoms with van der Waals surface area (Å²) < 4.78 is 38.5. The lowest BCUT2D eigenvalue weighted by Gasteiger charge is -2.11. The van der Waals surface area contributed by atoms with Crippen molar-refractivity contribution in [3.8, 4) is 0 Å². The summed E-state index contributed by atoms with van der Waals surface area (Å²) in [6.45, 7) is 3.33. The Morgan fingerprint density at radius 3 is 2.68 bits per heavy atom. The van der Waals surface area contributed by atoms with Crippen LogP contribution in [0.5, 0.6) is 0 Å². The van der Waals surface area contributed by atoms with Gasteiger partial charge in [0, 0.05) is 19.5 Å². The molecule has 28 heavy (non-hydrogen) atoms. The number of aromatic nitrogens is 2. The first-order valence-electron chi connectivity index (χ1n) is 9.07.